The predicted octanol–water partition coefficient (Wildman–Crippen LogP) is 1.80. The van der Waals surface area contributed by atoms with Gasteiger partial charge in [-0.3, -0.25) is 9.59 Å². The van der Waals surface area contributed by atoms with E-state index in [0.29, 0.717) is 22.0 Å². The molecule has 3 N–H and O–H groups in total. The van der Waals surface area contributed by atoms with Crippen LogP contribution in [-0.2, 0) is 14.3 Å². The molecule has 170 valence electrons. The molecular formula is C21H19ClN6O5. The number of tetrazole rings is 1. The Bertz CT molecular complexity index is 1160. The van der Waals surface area contributed by atoms with Gasteiger partial charge in [-0.1, -0.05) is 11.6 Å². The molecule has 0 radical (unpaired) electrons. The van der Waals surface area contributed by atoms with E-state index in [9.17, 15) is 14.4 Å². The molecule has 0 fully saturated rings. The molecule has 0 unspecified atom stereocenters. The number of amides is 2. The van der Waals surface area contributed by atoms with Gasteiger partial charge in [0.25, 0.3) is 0 Å². The van der Waals surface area contributed by atoms with E-state index in [2.05, 4.69) is 26.2 Å². The zero-order valence-corrected chi connectivity index (χ0v) is 18.1. The van der Waals surface area contributed by atoms with E-state index in [1.807, 2.05) is 0 Å². The molecule has 0 aliphatic rings. The molecule has 0 saturated heterocycles. The maximum atomic E-state index is 12.6. The molecule has 0 aliphatic carbocycles. The van der Waals surface area contributed by atoms with Crippen LogP contribution < -0.4 is 10.6 Å². The lowest BCUT2D eigenvalue weighted by atomic mass is 10.1. The Morgan fingerprint density at radius 3 is 2.61 bits per heavy atom. The third-order valence-electron chi connectivity index (χ3n) is 4.37. The average molecular weight is 471 g/mol. The highest BCUT2D eigenvalue weighted by Gasteiger charge is 2.20. The normalized spacial score (nSPS) is 11.8. The van der Waals surface area contributed by atoms with Gasteiger partial charge in [0.05, 0.1) is 17.9 Å². The second kappa shape index (κ2) is 11.0. The van der Waals surface area contributed by atoms with Crippen molar-refractivity contribution in [2.24, 2.45) is 0 Å². The van der Waals surface area contributed by atoms with Crippen molar-refractivity contribution in [3.8, 4) is 5.69 Å². The van der Waals surface area contributed by atoms with Gasteiger partial charge in [-0.25, -0.2) is 4.79 Å². The Morgan fingerprint density at radius 2 is 1.97 bits per heavy atom. The van der Waals surface area contributed by atoms with Gasteiger partial charge in [-0.05, 0) is 59.0 Å². The maximum absolute atomic E-state index is 12.6. The first-order valence-electron chi connectivity index (χ1n) is 9.52. The fourth-order valence-corrected chi connectivity index (χ4v) is 2.98. The summed E-state index contributed by atoms with van der Waals surface area (Å²) in [6, 6.07) is 9.63. The Morgan fingerprint density at radius 1 is 1.21 bits per heavy atom. The summed E-state index contributed by atoms with van der Waals surface area (Å²) in [6.45, 7) is -0.0777. The first kappa shape index (κ1) is 23.6. The Hall–Kier alpha value is -4.09. The van der Waals surface area contributed by atoms with Crippen molar-refractivity contribution in [3.63, 3.8) is 0 Å². The second-order valence-electron chi connectivity index (χ2n) is 6.68. The molecule has 1 heterocycles. The zero-order chi connectivity index (χ0) is 23.8. The number of anilines is 1. The highest BCUT2D eigenvalue weighted by atomic mass is 35.5. The van der Waals surface area contributed by atoms with Gasteiger partial charge >= 0.3 is 5.97 Å². The second-order valence-corrected chi connectivity index (χ2v) is 7.12. The number of nitrogens with one attached hydrogen (secondary N) is 2. The van der Waals surface area contributed by atoms with E-state index < -0.39 is 23.8 Å². The molecule has 33 heavy (non-hydrogen) atoms. The van der Waals surface area contributed by atoms with E-state index in [-0.39, 0.29) is 12.2 Å². The van der Waals surface area contributed by atoms with Crippen molar-refractivity contribution in [1.29, 1.82) is 0 Å². The number of carbonyl (C=O) groups is 3. The van der Waals surface area contributed by atoms with Crippen molar-refractivity contribution in [2.45, 2.75) is 6.04 Å². The van der Waals surface area contributed by atoms with Crippen LogP contribution in [-0.4, -0.2) is 62.9 Å². The number of aromatic carboxylic acids is 1. The molecule has 12 heteroatoms. The number of halogens is 1. The summed E-state index contributed by atoms with van der Waals surface area (Å²) in [5.41, 5.74) is 1.64. The van der Waals surface area contributed by atoms with E-state index in [1.54, 1.807) is 18.2 Å². The summed E-state index contributed by atoms with van der Waals surface area (Å²) in [5, 5.41) is 25.6. The molecule has 0 spiro atoms. The SMILES string of the molecule is COC[C@H](NC(=O)C=Cc1cc(Cl)ccc1-n1cnnn1)C(=O)Nc1ccc(C(=O)O)cc1. The van der Waals surface area contributed by atoms with Crippen LogP contribution in [0.4, 0.5) is 5.69 Å². The third-order valence-corrected chi connectivity index (χ3v) is 4.60. The van der Waals surface area contributed by atoms with Crippen LogP contribution in [0.3, 0.4) is 0 Å². The van der Waals surface area contributed by atoms with E-state index >= 15 is 0 Å². The van der Waals surface area contributed by atoms with E-state index in [0.717, 1.165) is 0 Å². The zero-order valence-electron chi connectivity index (χ0n) is 17.3. The monoisotopic (exact) mass is 470 g/mol. The van der Waals surface area contributed by atoms with Crippen LogP contribution in [0.15, 0.2) is 54.9 Å². The Labute approximate surface area is 193 Å². The number of hydrogen-bond donors (Lipinski definition) is 3. The number of hydrogen-bond acceptors (Lipinski definition) is 7. The fourth-order valence-electron chi connectivity index (χ4n) is 2.80. The van der Waals surface area contributed by atoms with Crippen molar-refractivity contribution in [2.75, 3.05) is 19.0 Å². The lowest BCUT2D eigenvalue weighted by Crippen LogP contribution is -2.46. The highest BCUT2D eigenvalue weighted by Crippen LogP contribution is 2.20. The van der Waals surface area contributed by atoms with Crippen LogP contribution in [0.5, 0.6) is 0 Å². The highest BCUT2D eigenvalue weighted by molar-refractivity contribution is 6.30. The molecule has 0 saturated carbocycles. The minimum absolute atomic E-state index is 0.0777. The molecule has 1 atom stereocenters. The van der Waals surface area contributed by atoms with Crippen molar-refractivity contribution in [3.05, 3.63) is 71.0 Å². The lowest BCUT2D eigenvalue weighted by Gasteiger charge is -2.17. The quantitative estimate of drug-likeness (QED) is 0.401. The molecule has 0 bridgehead atoms. The molecule has 2 amide bonds. The number of benzene rings is 2. The van der Waals surface area contributed by atoms with Crippen molar-refractivity contribution >= 4 is 41.1 Å². The number of ether oxygens (including phenoxy) is 1. The van der Waals surface area contributed by atoms with Crippen LogP contribution in [0.25, 0.3) is 11.8 Å². The number of carboxylic acids is 1. The van der Waals surface area contributed by atoms with Crippen LogP contribution in [0, 0.1) is 0 Å². The number of aromatic nitrogens is 4. The van der Waals surface area contributed by atoms with Crippen molar-refractivity contribution < 1.29 is 24.2 Å². The summed E-state index contributed by atoms with van der Waals surface area (Å²) in [7, 11) is 1.40. The van der Waals surface area contributed by atoms with Gasteiger partial charge < -0.3 is 20.5 Å². The van der Waals surface area contributed by atoms with Gasteiger partial charge in [0.2, 0.25) is 11.8 Å². The maximum Gasteiger partial charge on any atom is 0.335 e. The number of methoxy groups -OCH3 is 1. The number of nitrogens with zero attached hydrogens (tertiary/aromatic N) is 4. The smallest absolute Gasteiger partial charge is 0.335 e. The van der Waals surface area contributed by atoms with Gasteiger partial charge in [0.1, 0.15) is 12.4 Å². The first-order valence-corrected chi connectivity index (χ1v) is 9.90. The van der Waals surface area contributed by atoms with Gasteiger partial charge in [-0.15, -0.1) is 5.10 Å². The van der Waals surface area contributed by atoms with Crippen molar-refractivity contribution in [1.82, 2.24) is 25.5 Å². The Balaban J connectivity index is 1.69. The number of rotatable bonds is 9. The molecule has 3 aromatic rings. The molecule has 1 aromatic heterocycles. The average Bonchev–Trinajstić information content (AvgIpc) is 3.32. The summed E-state index contributed by atoms with van der Waals surface area (Å²) in [4.78, 5) is 36.0. The molecule has 11 nitrogen and oxygen atoms in total. The first-order chi connectivity index (χ1) is 15.9. The standard InChI is InChI=1S/C21H19ClN6O5/c1-33-11-17(20(30)24-16-6-2-13(3-7-16)21(31)32)25-19(29)9-4-14-10-15(22)5-8-18(14)28-12-23-26-27-28/h2-10,12,17H,11H2,1H3,(H,24,30)(H,25,29)(H,31,32)/t17-/m0/s1. The number of carboxylic acid groups (broad SMARTS) is 1. The minimum atomic E-state index is -1.08. The molecular weight excluding hydrogens is 452 g/mol. The molecule has 0 aliphatic heterocycles. The minimum Gasteiger partial charge on any atom is -0.478 e. The van der Waals surface area contributed by atoms with Crippen LogP contribution >= 0.6 is 11.6 Å². The Kier molecular flexibility index (Phi) is 7.84. The topological polar surface area (TPSA) is 148 Å². The predicted molar refractivity (Wildman–Crippen MR) is 119 cm³/mol. The van der Waals surface area contributed by atoms with Crippen LogP contribution in [0.2, 0.25) is 5.02 Å². The largest absolute Gasteiger partial charge is 0.478 e. The number of carbonyl (C=O) groups excluding carboxylic acids is 2. The summed E-state index contributed by atoms with van der Waals surface area (Å²) in [6.07, 6.45) is 4.17. The summed E-state index contributed by atoms with van der Waals surface area (Å²) < 4.78 is 6.46. The van der Waals surface area contributed by atoms with E-state index in [1.165, 1.54) is 54.5 Å². The third kappa shape index (κ3) is 6.45. The molecule has 3 rings (SSSR count). The summed E-state index contributed by atoms with van der Waals surface area (Å²) >= 11 is 6.07. The van der Waals surface area contributed by atoms with Gasteiger partial charge in [-0.2, -0.15) is 4.68 Å². The lowest BCUT2D eigenvalue weighted by molar-refractivity contribution is -0.125. The van der Waals surface area contributed by atoms with Gasteiger partial charge in [0.15, 0.2) is 0 Å². The molecule has 2 aromatic carbocycles. The van der Waals surface area contributed by atoms with E-state index in [4.69, 9.17) is 21.4 Å². The van der Waals surface area contributed by atoms with Gasteiger partial charge in [0, 0.05) is 29.5 Å². The fraction of sp³-hybridized carbons (Fsp3) is 0.143. The van der Waals surface area contributed by atoms with Crippen LogP contribution in [0.1, 0.15) is 15.9 Å². The summed E-state index contributed by atoms with van der Waals surface area (Å²) in [5.74, 6) is -2.15.